The molecule has 3 aromatic rings. The molecule has 2 N–H and O–H groups in total. The number of hydrogen-bond acceptors (Lipinski definition) is 6. The van der Waals surface area contributed by atoms with Gasteiger partial charge in [-0.2, -0.15) is 0 Å². The first-order chi connectivity index (χ1) is 12.5. The summed E-state index contributed by atoms with van der Waals surface area (Å²) in [6, 6.07) is 7.53. The van der Waals surface area contributed by atoms with Gasteiger partial charge in [0.1, 0.15) is 22.1 Å². The molecule has 1 aromatic carbocycles. The number of nitrogens with zero attached hydrogens (tertiary/aromatic N) is 3. The monoisotopic (exact) mass is 372 g/mol. The van der Waals surface area contributed by atoms with E-state index in [4.69, 9.17) is 10.5 Å². The van der Waals surface area contributed by atoms with Crippen molar-refractivity contribution in [3.8, 4) is 27.6 Å². The second-order valence-electron chi connectivity index (χ2n) is 5.80. The Labute approximate surface area is 154 Å². The lowest BCUT2D eigenvalue weighted by Gasteiger charge is -2.13. The quantitative estimate of drug-likeness (QED) is 0.742. The minimum Gasteiger partial charge on any atom is -0.496 e. The molecule has 0 aliphatic carbocycles. The summed E-state index contributed by atoms with van der Waals surface area (Å²) in [5.41, 5.74) is 6.84. The first kappa shape index (κ1) is 17.9. The third kappa shape index (κ3) is 2.92. The summed E-state index contributed by atoms with van der Waals surface area (Å²) in [7, 11) is 3.05. The van der Waals surface area contributed by atoms with Gasteiger partial charge in [-0.15, -0.1) is 11.3 Å². The lowest BCUT2D eigenvalue weighted by atomic mass is 10.2. The highest BCUT2D eigenvalue weighted by Crippen LogP contribution is 2.34. The van der Waals surface area contributed by atoms with E-state index in [1.54, 1.807) is 12.5 Å². The van der Waals surface area contributed by atoms with Crippen LogP contribution in [0.4, 0.5) is 5.82 Å². The van der Waals surface area contributed by atoms with Gasteiger partial charge < -0.3 is 10.5 Å². The van der Waals surface area contributed by atoms with Crippen molar-refractivity contribution in [3.63, 3.8) is 0 Å². The van der Waals surface area contributed by atoms with Crippen LogP contribution < -0.4 is 21.7 Å². The highest BCUT2D eigenvalue weighted by Gasteiger charge is 2.20. The lowest BCUT2D eigenvalue weighted by Crippen LogP contribution is -2.40. The van der Waals surface area contributed by atoms with E-state index >= 15 is 0 Å². The molecule has 2 aromatic heterocycles. The Kier molecular flexibility index (Phi) is 4.94. The SMILES string of the molecule is CCCn1c(N)c(-c2csc(-c3ccccc3OC)n2)c(=O)n(C)c1=O. The average molecular weight is 372 g/mol. The number of aromatic nitrogens is 3. The van der Waals surface area contributed by atoms with Crippen molar-refractivity contribution in [3.05, 3.63) is 50.5 Å². The highest BCUT2D eigenvalue weighted by atomic mass is 32.1. The molecule has 0 bridgehead atoms. The standard InChI is InChI=1S/C18H20N4O3S/c1-4-9-22-15(19)14(17(23)21(2)18(22)24)12-10-26-16(20-12)11-7-5-6-8-13(11)25-3/h5-8,10H,4,9,19H2,1-3H3. The molecular weight excluding hydrogens is 352 g/mol. The molecule has 0 atom stereocenters. The second-order valence-corrected chi connectivity index (χ2v) is 6.65. The Morgan fingerprint density at radius 3 is 2.69 bits per heavy atom. The maximum atomic E-state index is 12.6. The maximum Gasteiger partial charge on any atom is 0.332 e. The second kappa shape index (κ2) is 7.17. The fourth-order valence-electron chi connectivity index (χ4n) is 2.80. The Balaban J connectivity index is 2.19. The molecular formula is C18H20N4O3S. The fourth-order valence-corrected chi connectivity index (χ4v) is 3.64. The van der Waals surface area contributed by atoms with Crippen molar-refractivity contribution in [2.24, 2.45) is 7.05 Å². The summed E-state index contributed by atoms with van der Waals surface area (Å²) >= 11 is 1.39. The molecule has 0 radical (unpaired) electrons. The zero-order chi connectivity index (χ0) is 18.8. The van der Waals surface area contributed by atoms with Crippen molar-refractivity contribution in [1.82, 2.24) is 14.1 Å². The van der Waals surface area contributed by atoms with Gasteiger partial charge in [0.15, 0.2) is 0 Å². The zero-order valence-corrected chi connectivity index (χ0v) is 15.7. The predicted molar refractivity (Wildman–Crippen MR) is 104 cm³/mol. The molecule has 0 aliphatic rings. The van der Waals surface area contributed by atoms with Gasteiger partial charge in [0.25, 0.3) is 5.56 Å². The Morgan fingerprint density at radius 2 is 2.00 bits per heavy atom. The number of thiazole rings is 1. The number of para-hydroxylation sites is 1. The molecule has 8 heteroatoms. The molecule has 3 rings (SSSR count). The highest BCUT2D eigenvalue weighted by molar-refractivity contribution is 7.13. The molecule has 0 saturated heterocycles. The average Bonchev–Trinajstić information content (AvgIpc) is 3.13. The van der Waals surface area contributed by atoms with E-state index in [-0.39, 0.29) is 11.4 Å². The van der Waals surface area contributed by atoms with E-state index in [0.717, 1.165) is 16.6 Å². The van der Waals surface area contributed by atoms with Crippen molar-refractivity contribution in [1.29, 1.82) is 0 Å². The molecule has 7 nitrogen and oxygen atoms in total. The van der Waals surface area contributed by atoms with Gasteiger partial charge in [-0.3, -0.25) is 13.9 Å². The summed E-state index contributed by atoms with van der Waals surface area (Å²) in [4.78, 5) is 29.5. The van der Waals surface area contributed by atoms with E-state index in [2.05, 4.69) is 4.98 Å². The molecule has 0 spiro atoms. The number of rotatable bonds is 5. The molecule has 0 fully saturated rings. The summed E-state index contributed by atoms with van der Waals surface area (Å²) < 4.78 is 7.87. The lowest BCUT2D eigenvalue weighted by molar-refractivity contribution is 0.416. The van der Waals surface area contributed by atoms with Crippen LogP contribution in [0, 0.1) is 0 Å². The molecule has 0 saturated carbocycles. The molecule has 136 valence electrons. The number of benzene rings is 1. The minimum absolute atomic E-state index is 0.150. The van der Waals surface area contributed by atoms with Crippen LogP contribution in [0.15, 0.2) is 39.2 Å². The first-order valence-corrected chi connectivity index (χ1v) is 9.06. The topological polar surface area (TPSA) is 92.1 Å². The van der Waals surface area contributed by atoms with Crippen LogP contribution in [0.3, 0.4) is 0 Å². The third-order valence-electron chi connectivity index (χ3n) is 4.13. The number of anilines is 1. The van der Waals surface area contributed by atoms with Gasteiger partial charge in [0, 0.05) is 19.0 Å². The third-order valence-corrected chi connectivity index (χ3v) is 5.00. The largest absolute Gasteiger partial charge is 0.496 e. The van der Waals surface area contributed by atoms with Crippen molar-refractivity contribution < 1.29 is 4.74 Å². The van der Waals surface area contributed by atoms with E-state index in [1.165, 1.54) is 23.0 Å². The number of nitrogens with two attached hydrogens (primary N) is 1. The van der Waals surface area contributed by atoms with E-state index in [1.807, 2.05) is 31.2 Å². The van der Waals surface area contributed by atoms with E-state index in [9.17, 15) is 9.59 Å². The Bertz CT molecular complexity index is 1070. The molecule has 26 heavy (non-hydrogen) atoms. The maximum absolute atomic E-state index is 12.6. The van der Waals surface area contributed by atoms with Crippen LogP contribution in [-0.4, -0.2) is 21.2 Å². The van der Waals surface area contributed by atoms with Gasteiger partial charge in [0.2, 0.25) is 0 Å². The van der Waals surface area contributed by atoms with Crippen LogP contribution in [0.25, 0.3) is 21.8 Å². The van der Waals surface area contributed by atoms with Crippen LogP contribution in [0.5, 0.6) is 5.75 Å². The molecule has 0 unspecified atom stereocenters. The number of ether oxygens (including phenoxy) is 1. The van der Waals surface area contributed by atoms with Crippen LogP contribution >= 0.6 is 11.3 Å². The molecule has 0 aliphatic heterocycles. The van der Waals surface area contributed by atoms with Crippen LogP contribution in [0.2, 0.25) is 0 Å². The minimum atomic E-state index is -0.447. The van der Waals surface area contributed by atoms with Crippen molar-refractivity contribution in [2.75, 3.05) is 12.8 Å². The zero-order valence-electron chi connectivity index (χ0n) is 14.9. The normalized spacial score (nSPS) is 10.9. The molecule has 0 amide bonds. The van der Waals surface area contributed by atoms with E-state index in [0.29, 0.717) is 23.0 Å². The summed E-state index contributed by atoms with van der Waals surface area (Å²) in [6.45, 7) is 2.38. The first-order valence-electron chi connectivity index (χ1n) is 8.18. The van der Waals surface area contributed by atoms with Crippen LogP contribution in [-0.2, 0) is 13.6 Å². The predicted octanol–water partition coefficient (Wildman–Crippen LogP) is 2.34. The fraction of sp³-hybridized carbons (Fsp3) is 0.278. The van der Waals surface area contributed by atoms with E-state index < -0.39 is 11.2 Å². The van der Waals surface area contributed by atoms with Gasteiger partial charge >= 0.3 is 5.69 Å². The Morgan fingerprint density at radius 1 is 1.27 bits per heavy atom. The van der Waals surface area contributed by atoms with Crippen molar-refractivity contribution >= 4 is 17.2 Å². The number of hydrogen-bond donors (Lipinski definition) is 1. The van der Waals surface area contributed by atoms with Crippen LogP contribution in [0.1, 0.15) is 13.3 Å². The van der Waals surface area contributed by atoms with Gasteiger partial charge in [-0.05, 0) is 18.6 Å². The number of methoxy groups -OCH3 is 1. The van der Waals surface area contributed by atoms with Gasteiger partial charge in [-0.25, -0.2) is 9.78 Å². The molecule has 2 heterocycles. The van der Waals surface area contributed by atoms with Gasteiger partial charge in [-0.1, -0.05) is 19.1 Å². The van der Waals surface area contributed by atoms with Gasteiger partial charge in [0.05, 0.1) is 18.4 Å². The Hall–Kier alpha value is -2.87. The summed E-state index contributed by atoms with van der Waals surface area (Å²) in [5, 5.41) is 2.49. The van der Waals surface area contributed by atoms with Crippen molar-refractivity contribution in [2.45, 2.75) is 19.9 Å². The summed E-state index contributed by atoms with van der Waals surface area (Å²) in [6.07, 6.45) is 0.727. The summed E-state index contributed by atoms with van der Waals surface area (Å²) in [5.74, 6) is 0.849. The number of nitrogen functional groups attached to an aromatic ring is 1. The smallest absolute Gasteiger partial charge is 0.332 e.